The molecular formula is C11H21FN2O2. The fourth-order valence-electron chi connectivity index (χ4n) is 1.77. The van der Waals surface area contributed by atoms with Crippen molar-refractivity contribution in [1.29, 1.82) is 0 Å². The fourth-order valence-corrected chi connectivity index (χ4v) is 1.77. The molecule has 5 heteroatoms. The number of alkyl carbamates (subject to hydrolysis) is 1. The number of alkyl halides is 1. The fraction of sp³-hybridized carbons (Fsp3) is 0.909. The maximum Gasteiger partial charge on any atom is 0.408 e. The molecule has 0 saturated carbocycles. The second-order valence-electron chi connectivity index (χ2n) is 5.45. The van der Waals surface area contributed by atoms with E-state index in [1.54, 1.807) is 20.8 Å². The number of halogens is 1. The van der Waals surface area contributed by atoms with Gasteiger partial charge in [0.1, 0.15) is 12.3 Å². The van der Waals surface area contributed by atoms with Crippen molar-refractivity contribution in [2.75, 3.05) is 19.8 Å². The average Bonchev–Trinajstić information content (AvgIpc) is 2.45. The molecule has 4 nitrogen and oxygen atoms in total. The monoisotopic (exact) mass is 232 g/mol. The van der Waals surface area contributed by atoms with Crippen LogP contribution in [0.2, 0.25) is 0 Å². The van der Waals surface area contributed by atoms with E-state index in [1.807, 2.05) is 6.92 Å². The van der Waals surface area contributed by atoms with Crippen LogP contribution in [-0.4, -0.2) is 37.0 Å². The second kappa shape index (κ2) is 4.57. The zero-order valence-electron chi connectivity index (χ0n) is 10.4. The normalized spacial score (nSPS) is 30.2. The van der Waals surface area contributed by atoms with Crippen LogP contribution in [0.15, 0.2) is 0 Å². The summed E-state index contributed by atoms with van der Waals surface area (Å²) in [6, 6.07) is 0. The Morgan fingerprint density at radius 2 is 2.25 bits per heavy atom. The van der Waals surface area contributed by atoms with E-state index in [9.17, 15) is 9.18 Å². The zero-order chi connectivity index (χ0) is 12.4. The van der Waals surface area contributed by atoms with Gasteiger partial charge in [-0.05, 0) is 26.7 Å². The molecule has 16 heavy (non-hydrogen) atoms. The molecule has 2 N–H and O–H groups in total. The van der Waals surface area contributed by atoms with E-state index in [4.69, 9.17) is 4.74 Å². The second-order valence-corrected chi connectivity index (χ2v) is 5.45. The first kappa shape index (κ1) is 13.2. The standard InChI is InChI=1S/C11H21FN2O2/c1-8-5-13-7-11(8,6-12)14-9(15)16-10(2,3)4/h8,13H,5-7H2,1-4H3,(H,14,15)/t8?,11-/m0/s1. The van der Waals surface area contributed by atoms with Crippen molar-refractivity contribution in [2.45, 2.75) is 38.8 Å². The summed E-state index contributed by atoms with van der Waals surface area (Å²) in [7, 11) is 0. The first-order valence-electron chi connectivity index (χ1n) is 5.57. The van der Waals surface area contributed by atoms with Gasteiger partial charge in [-0.2, -0.15) is 0 Å². The number of hydrogen-bond acceptors (Lipinski definition) is 3. The van der Waals surface area contributed by atoms with E-state index in [-0.39, 0.29) is 5.92 Å². The van der Waals surface area contributed by atoms with Gasteiger partial charge in [0.2, 0.25) is 0 Å². The molecule has 94 valence electrons. The predicted molar refractivity (Wildman–Crippen MR) is 60.1 cm³/mol. The molecule has 1 rings (SSSR count). The molecule has 0 aromatic heterocycles. The largest absolute Gasteiger partial charge is 0.444 e. The first-order chi connectivity index (χ1) is 7.29. The molecule has 1 fully saturated rings. The molecule has 0 aliphatic carbocycles. The van der Waals surface area contributed by atoms with Crippen molar-refractivity contribution in [1.82, 2.24) is 10.6 Å². The van der Waals surface area contributed by atoms with Crippen molar-refractivity contribution in [3.63, 3.8) is 0 Å². The lowest BCUT2D eigenvalue weighted by Crippen LogP contribution is -2.56. The van der Waals surface area contributed by atoms with Crippen LogP contribution < -0.4 is 10.6 Å². The molecule has 1 amide bonds. The van der Waals surface area contributed by atoms with Crippen LogP contribution in [0, 0.1) is 5.92 Å². The Balaban J connectivity index is 2.60. The molecule has 1 saturated heterocycles. The highest BCUT2D eigenvalue weighted by atomic mass is 19.1. The number of carbonyl (C=O) groups excluding carboxylic acids is 1. The van der Waals surface area contributed by atoms with Gasteiger partial charge in [-0.3, -0.25) is 0 Å². The van der Waals surface area contributed by atoms with Crippen molar-refractivity contribution in [2.24, 2.45) is 5.92 Å². The summed E-state index contributed by atoms with van der Waals surface area (Å²) >= 11 is 0. The molecule has 2 atom stereocenters. The zero-order valence-corrected chi connectivity index (χ0v) is 10.4. The van der Waals surface area contributed by atoms with Crippen molar-refractivity contribution >= 4 is 6.09 Å². The summed E-state index contributed by atoms with van der Waals surface area (Å²) in [5.41, 5.74) is -1.38. The quantitative estimate of drug-likeness (QED) is 0.758. The Kier molecular flexibility index (Phi) is 3.78. The van der Waals surface area contributed by atoms with Crippen LogP contribution in [0.3, 0.4) is 0 Å². The lowest BCUT2D eigenvalue weighted by atomic mass is 9.90. The van der Waals surface area contributed by atoms with E-state index < -0.39 is 23.9 Å². The smallest absolute Gasteiger partial charge is 0.408 e. The predicted octanol–water partition coefficient (Wildman–Crippen LogP) is 1.46. The number of hydrogen-bond donors (Lipinski definition) is 2. The van der Waals surface area contributed by atoms with Crippen LogP contribution in [-0.2, 0) is 4.74 Å². The van der Waals surface area contributed by atoms with Crippen LogP contribution in [0.25, 0.3) is 0 Å². The van der Waals surface area contributed by atoms with Crippen LogP contribution >= 0.6 is 0 Å². The first-order valence-corrected chi connectivity index (χ1v) is 5.57. The molecule has 0 bridgehead atoms. The molecule has 1 heterocycles. The molecular weight excluding hydrogens is 211 g/mol. The van der Waals surface area contributed by atoms with Gasteiger partial charge in [-0.25, -0.2) is 9.18 Å². The average molecular weight is 232 g/mol. The number of nitrogens with one attached hydrogen (secondary N) is 2. The Morgan fingerprint density at radius 1 is 1.62 bits per heavy atom. The maximum atomic E-state index is 13.1. The van der Waals surface area contributed by atoms with E-state index in [1.165, 1.54) is 0 Å². The van der Waals surface area contributed by atoms with Crippen molar-refractivity contribution in [3.05, 3.63) is 0 Å². The summed E-state index contributed by atoms with van der Waals surface area (Å²) in [5, 5.41) is 5.72. The highest BCUT2D eigenvalue weighted by Crippen LogP contribution is 2.23. The Hall–Kier alpha value is -0.840. The van der Waals surface area contributed by atoms with Crippen LogP contribution in [0.5, 0.6) is 0 Å². The van der Waals surface area contributed by atoms with Gasteiger partial charge in [0.15, 0.2) is 0 Å². The molecule has 0 aromatic rings. The summed E-state index contributed by atoms with van der Waals surface area (Å²) < 4.78 is 18.2. The van der Waals surface area contributed by atoms with Gasteiger partial charge in [0, 0.05) is 13.1 Å². The number of amides is 1. The van der Waals surface area contributed by atoms with Gasteiger partial charge < -0.3 is 15.4 Å². The summed E-state index contributed by atoms with van der Waals surface area (Å²) in [6.07, 6.45) is -0.555. The van der Waals surface area contributed by atoms with E-state index in [2.05, 4.69) is 10.6 Å². The maximum absolute atomic E-state index is 13.1. The molecule has 1 aliphatic heterocycles. The third kappa shape index (κ3) is 3.07. The van der Waals surface area contributed by atoms with E-state index >= 15 is 0 Å². The lowest BCUT2D eigenvalue weighted by Gasteiger charge is -2.32. The number of carbonyl (C=O) groups is 1. The summed E-state index contributed by atoms with van der Waals surface area (Å²) in [6.45, 7) is 7.84. The molecule has 1 unspecified atom stereocenters. The molecule has 1 aliphatic rings. The summed E-state index contributed by atoms with van der Waals surface area (Å²) in [4.78, 5) is 11.6. The van der Waals surface area contributed by atoms with Crippen LogP contribution in [0.4, 0.5) is 9.18 Å². The Morgan fingerprint density at radius 3 is 2.62 bits per heavy atom. The molecule has 0 aromatic carbocycles. The highest BCUT2D eigenvalue weighted by Gasteiger charge is 2.42. The Labute approximate surface area is 95.9 Å². The van der Waals surface area contributed by atoms with Crippen LogP contribution in [0.1, 0.15) is 27.7 Å². The minimum Gasteiger partial charge on any atom is -0.444 e. The molecule has 0 spiro atoms. The van der Waals surface area contributed by atoms with Crippen molar-refractivity contribution in [3.8, 4) is 0 Å². The number of ether oxygens (including phenoxy) is 1. The third-order valence-electron chi connectivity index (χ3n) is 2.82. The van der Waals surface area contributed by atoms with Gasteiger partial charge >= 0.3 is 6.09 Å². The lowest BCUT2D eigenvalue weighted by molar-refractivity contribution is 0.0418. The van der Waals surface area contributed by atoms with Gasteiger partial charge in [0.25, 0.3) is 0 Å². The number of rotatable bonds is 2. The molecule has 0 radical (unpaired) electrons. The van der Waals surface area contributed by atoms with Gasteiger partial charge in [0.05, 0.1) is 5.54 Å². The SMILES string of the molecule is CC1CNC[C@]1(CF)NC(=O)OC(C)(C)C. The summed E-state index contributed by atoms with van der Waals surface area (Å²) in [5.74, 6) is 0.0602. The Bertz CT molecular complexity index is 265. The van der Waals surface area contributed by atoms with E-state index in [0.29, 0.717) is 13.1 Å². The van der Waals surface area contributed by atoms with E-state index in [0.717, 1.165) is 0 Å². The minimum absolute atomic E-state index is 0.0602. The highest BCUT2D eigenvalue weighted by molar-refractivity contribution is 5.69. The van der Waals surface area contributed by atoms with Gasteiger partial charge in [-0.1, -0.05) is 6.92 Å². The van der Waals surface area contributed by atoms with Crippen molar-refractivity contribution < 1.29 is 13.9 Å². The third-order valence-corrected chi connectivity index (χ3v) is 2.82. The van der Waals surface area contributed by atoms with Gasteiger partial charge in [-0.15, -0.1) is 0 Å². The topological polar surface area (TPSA) is 50.4 Å². The minimum atomic E-state index is -0.817.